The van der Waals surface area contributed by atoms with Crippen LogP contribution in [0, 0.1) is 12.7 Å². The molecule has 26 heavy (non-hydrogen) atoms. The Bertz CT molecular complexity index is 1070. The van der Waals surface area contributed by atoms with Gasteiger partial charge in [-0.2, -0.15) is 0 Å². The number of ketones is 1. The highest BCUT2D eigenvalue weighted by atomic mass is 32.1. The summed E-state index contributed by atoms with van der Waals surface area (Å²) in [6, 6.07) is 5.31. The zero-order chi connectivity index (χ0) is 18.8. The highest BCUT2D eigenvalue weighted by Crippen LogP contribution is 2.27. The number of halogens is 1. The lowest BCUT2D eigenvalue weighted by atomic mass is 10.1. The summed E-state index contributed by atoms with van der Waals surface area (Å²) >= 11 is 1.05. The zero-order valence-electron chi connectivity index (χ0n) is 14.1. The quantitative estimate of drug-likeness (QED) is 0.548. The number of esters is 1. The van der Waals surface area contributed by atoms with Crippen molar-refractivity contribution in [2.24, 2.45) is 0 Å². The lowest BCUT2D eigenvalue weighted by Crippen LogP contribution is -2.15. The molecule has 0 aliphatic heterocycles. The summed E-state index contributed by atoms with van der Waals surface area (Å²) in [4.78, 5) is 44.2. The molecule has 0 aliphatic carbocycles. The third-order valence-electron chi connectivity index (χ3n) is 3.79. The maximum absolute atomic E-state index is 13.3. The van der Waals surface area contributed by atoms with Crippen LogP contribution in [-0.4, -0.2) is 28.3 Å². The molecule has 0 aliphatic rings. The Morgan fingerprint density at radius 1 is 1.35 bits per heavy atom. The van der Waals surface area contributed by atoms with Gasteiger partial charge >= 0.3 is 5.97 Å². The number of aryl methyl sites for hydroxylation is 1. The van der Waals surface area contributed by atoms with Crippen molar-refractivity contribution in [2.75, 3.05) is 6.61 Å². The number of carbonyl (C=O) groups is 2. The number of aromatic amines is 1. The molecule has 0 saturated heterocycles. The topological polar surface area (TPSA) is 89.1 Å². The average Bonchev–Trinajstić information content (AvgIpc) is 2.92. The Labute approximate surface area is 151 Å². The summed E-state index contributed by atoms with van der Waals surface area (Å²) < 4.78 is 18.2. The van der Waals surface area contributed by atoms with Crippen molar-refractivity contribution in [2.45, 2.75) is 20.3 Å². The SMILES string of the molecule is CCOC(=O)c1sc2nc(CC(=O)c3cccc(F)c3)[nH]c(=O)c2c1C. The fourth-order valence-electron chi connectivity index (χ4n) is 2.58. The van der Waals surface area contributed by atoms with Crippen LogP contribution in [0.3, 0.4) is 0 Å². The number of benzene rings is 1. The maximum Gasteiger partial charge on any atom is 0.348 e. The minimum absolute atomic E-state index is 0.161. The molecule has 8 heteroatoms. The summed E-state index contributed by atoms with van der Waals surface area (Å²) in [5.41, 5.74) is 0.267. The van der Waals surface area contributed by atoms with Crippen molar-refractivity contribution in [1.82, 2.24) is 9.97 Å². The first kappa shape index (κ1) is 17.9. The number of H-pyrrole nitrogens is 1. The number of rotatable bonds is 5. The number of nitrogens with zero attached hydrogens (tertiary/aromatic N) is 1. The van der Waals surface area contributed by atoms with Gasteiger partial charge in [-0.15, -0.1) is 11.3 Å². The molecule has 3 aromatic rings. The molecule has 0 amide bonds. The van der Waals surface area contributed by atoms with Crippen LogP contribution in [-0.2, 0) is 11.2 Å². The predicted octanol–water partition coefficient (Wildman–Crippen LogP) is 3.03. The molecule has 0 unspecified atom stereocenters. The van der Waals surface area contributed by atoms with Gasteiger partial charge in [-0.1, -0.05) is 12.1 Å². The van der Waals surface area contributed by atoms with Crippen LogP contribution in [0.15, 0.2) is 29.1 Å². The maximum atomic E-state index is 13.3. The summed E-state index contributed by atoms with van der Waals surface area (Å²) in [6.07, 6.45) is -0.180. The van der Waals surface area contributed by atoms with Crippen LogP contribution in [0.2, 0.25) is 0 Å². The third-order valence-corrected chi connectivity index (χ3v) is 4.95. The van der Waals surface area contributed by atoms with Crippen LogP contribution in [0.5, 0.6) is 0 Å². The first-order valence-electron chi connectivity index (χ1n) is 7.89. The minimum atomic E-state index is -0.513. The number of carbonyl (C=O) groups excluding carboxylic acids is 2. The van der Waals surface area contributed by atoms with E-state index >= 15 is 0 Å². The van der Waals surface area contributed by atoms with E-state index in [0.717, 1.165) is 17.4 Å². The van der Waals surface area contributed by atoms with Crippen LogP contribution in [0.25, 0.3) is 10.2 Å². The molecule has 2 aromatic heterocycles. The summed E-state index contributed by atoms with van der Waals surface area (Å²) in [7, 11) is 0. The van der Waals surface area contributed by atoms with Crippen LogP contribution in [0.4, 0.5) is 4.39 Å². The minimum Gasteiger partial charge on any atom is -0.462 e. The summed E-state index contributed by atoms with van der Waals surface area (Å²) in [5.74, 6) is -1.23. The second kappa shape index (κ2) is 7.17. The van der Waals surface area contributed by atoms with E-state index in [1.165, 1.54) is 18.2 Å². The molecule has 0 radical (unpaired) electrons. The Kier molecular flexibility index (Phi) is 4.94. The van der Waals surface area contributed by atoms with Gasteiger partial charge in [0.25, 0.3) is 5.56 Å². The number of hydrogen-bond acceptors (Lipinski definition) is 6. The van der Waals surface area contributed by atoms with Crippen molar-refractivity contribution >= 4 is 33.3 Å². The van der Waals surface area contributed by atoms with Gasteiger partial charge in [-0.25, -0.2) is 14.2 Å². The second-order valence-corrected chi connectivity index (χ2v) is 6.58. The monoisotopic (exact) mass is 374 g/mol. The average molecular weight is 374 g/mol. The Balaban J connectivity index is 1.97. The smallest absolute Gasteiger partial charge is 0.348 e. The van der Waals surface area contributed by atoms with Crippen molar-refractivity contribution in [3.63, 3.8) is 0 Å². The van der Waals surface area contributed by atoms with Crippen molar-refractivity contribution in [1.29, 1.82) is 0 Å². The molecule has 1 N–H and O–H groups in total. The fourth-order valence-corrected chi connectivity index (χ4v) is 3.67. The summed E-state index contributed by atoms with van der Waals surface area (Å²) in [6.45, 7) is 3.57. The molecule has 3 rings (SSSR count). The highest BCUT2D eigenvalue weighted by molar-refractivity contribution is 7.20. The van der Waals surface area contributed by atoms with E-state index in [4.69, 9.17) is 4.74 Å². The number of fused-ring (bicyclic) bond motifs is 1. The van der Waals surface area contributed by atoms with Gasteiger partial charge in [0, 0.05) is 5.56 Å². The van der Waals surface area contributed by atoms with Crippen molar-refractivity contribution in [3.05, 3.63) is 62.3 Å². The first-order chi connectivity index (χ1) is 12.4. The van der Waals surface area contributed by atoms with Gasteiger partial charge in [0.1, 0.15) is 21.3 Å². The van der Waals surface area contributed by atoms with E-state index in [1.807, 2.05) is 0 Å². The molecule has 6 nitrogen and oxygen atoms in total. The zero-order valence-corrected chi connectivity index (χ0v) is 14.9. The van der Waals surface area contributed by atoms with Gasteiger partial charge in [-0.05, 0) is 31.5 Å². The molecule has 0 saturated carbocycles. The lowest BCUT2D eigenvalue weighted by Gasteiger charge is -2.02. The molecular formula is C18H15FN2O4S. The first-order valence-corrected chi connectivity index (χ1v) is 8.70. The normalized spacial score (nSPS) is 10.9. The number of Topliss-reactive ketones (excluding diaryl/α,β-unsaturated/α-hetero) is 1. The molecule has 1 aromatic carbocycles. The molecular weight excluding hydrogens is 359 g/mol. The molecule has 0 bridgehead atoms. The number of hydrogen-bond donors (Lipinski definition) is 1. The van der Waals surface area contributed by atoms with Gasteiger partial charge < -0.3 is 9.72 Å². The van der Waals surface area contributed by atoms with E-state index < -0.39 is 17.3 Å². The van der Waals surface area contributed by atoms with E-state index in [0.29, 0.717) is 20.7 Å². The van der Waals surface area contributed by atoms with Crippen molar-refractivity contribution < 1.29 is 18.7 Å². The van der Waals surface area contributed by atoms with Gasteiger partial charge in [0.15, 0.2) is 5.78 Å². The van der Waals surface area contributed by atoms with Gasteiger partial charge in [-0.3, -0.25) is 9.59 Å². The molecule has 134 valence electrons. The Morgan fingerprint density at radius 3 is 2.81 bits per heavy atom. The van der Waals surface area contributed by atoms with Gasteiger partial charge in [0.05, 0.1) is 18.4 Å². The van der Waals surface area contributed by atoms with Crippen LogP contribution < -0.4 is 5.56 Å². The second-order valence-electron chi connectivity index (χ2n) is 5.58. The Hall–Kier alpha value is -2.87. The van der Waals surface area contributed by atoms with E-state index in [1.54, 1.807) is 13.8 Å². The number of aromatic nitrogens is 2. The highest BCUT2D eigenvalue weighted by Gasteiger charge is 2.20. The number of nitrogens with one attached hydrogen (secondary N) is 1. The van der Waals surface area contributed by atoms with E-state index in [-0.39, 0.29) is 30.2 Å². The number of ether oxygens (including phenoxy) is 1. The molecule has 0 spiro atoms. The molecule has 0 atom stereocenters. The standard InChI is InChI=1S/C18H15FN2O4S/c1-3-25-18(24)15-9(2)14-16(23)20-13(21-17(14)26-15)8-12(22)10-5-4-6-11(19)7-10/h4-7H,3,8H2,1-2H3,(H,20,21,23). The predicted molar refractivity (Wildman–Crippen MR) is 95.4 cm³/mol. The lowest BCUT2D eigenvalue weighted by molar-refractivity contribution is 0.0531. The van der Waals surface area contributed by atoms with E-state index in [2.05, 4.69) is 9.97 Å². The Morgan fingerprint density at radius 2 is 2.12 bits per heavy atom. The molecule has 2 heterocycles. The van der Waals surface area contributed by atoms with Crippen LogP contribution >= 0.6 is 11.3 Å². The number of thiophene rings is 1. The van der Waals surface area contributed by atoms with Gasteiger partial charge in [0.2, 0.25) is 0 Å². The summed E-state index contributed by atoms with van der Waals surface area (Å²) in [5, 5.41) is 0.306. The van der Waals surface area contributed by atoms with Crippen molar-refractivity contribution in [3.8, 4) is 0 Å². The fraction of sp³-hybridized carbons (Fsp3) is 0.222. The van der Waals surface area contributed by atoms with E-state index in [9.17, 15) is 18.8 Å². The third kappa shape index (κ3) is 3.41. The van der Waals surface area contributed by atoms with Crippen LogP contribution in [0.1, 0.15) is 38.3 Å². The molecule has 0 fully saturated rings. The largest absolute Gasteiger partial charge is 0.462 e.